The maximum atomic E-state index is 11.3. The monoisotopic (exact) mass is 202 g/mol. The van der Waals surface area contributed by atoms with Crippen LogP contribution in [0.15, 0.2) is 28.2 Å². The molecule has 1 rings (SSSR count). The second-order valence-corrected chi connectivity index (χ2v) is 4.11. The molecule has 0 amide bonds. The maximum absolute atomic E-state index is 11.3. The van der Waals surface area contributed by atoms with Gasteiger partial charge in [-0.05, 0) is 0 Å². The van der Waals surface area contributed by atoms with E-state index in [4.69, 9.17) is 0 Å². The van der Waals surface area contributed by atoms with Gasteiger partial charge < -0.3 is 4.98 Å². The van der Waals surface area contributed by atoms with Gasteiger partial charge in [0, 0.05) is 25.0 Å². The number of pyridine rings is 1. The van der Waals surface area contributed by atoms with E-state index in [1.165, 1.54) is 18.5 Å². The standard InChI is InChI=1S/C7H10N2O3S/c1-2-9-13(11,12)7-5-8-4-3-6(7)10/h3-5,9H,2H2,1H3,(H,8,10). The van der Waals surface area contributed by atoms with Crippen LogP contribution in [0.3, 0.4) is 0 Å². The second kappa shape index (κ2) is 3.71. The van der Waals surface area contributed by atoms with Gasteiger partial charge in [0.15, 0.2) is 0 Å². The van der Waals surface area contributed by atoms with Crippen LogP contribution in [-0.2, 0) is 10.0 Å². The van der Waals surface area contributed by atoms with Crippen LogP contribution in [0.5, 0.6) is 0 Å². The van der Waals surface area contributed by atoms with Crippen molar-refractivity contribution >= 4 is 10.0 Å². The Morgan fingerprint density at radius 2 is 2.23 bits per heavy atom. The third kappa shape index (κ3) is 2.16. The summed E-state index contributed by atoms with van der Waals surface area (Å²) in [4.78, 5) is 13.4. The van der Waals surface area contributed by atoms with Gasteiger partial charge >= 0.3 is 0 Å². The Hall–Kier alpha value is -1.14. The minimum atomic E-state index is -3.63. The van der Waals surface area contributed by atoms with Crippen molar-refractivity contribution in [2.24, 2.45) is 0 Å². The third-order valence-electron chi connectivity index (χ3n) is 1.41. The van der Waals surface area contributed by atoms with E-state index in [0.717, 1.165) is 0 Å². The molecular formula is C7H10N2O3S. The smallest absolute Gasteiger partial charge is 0.245 e. The maximum Gasteiger partial charge on any atom is 0.245 e. The minimum Gasteiger partial charge on any atom is -0.366 e. The lowest BCUT2D eigenvalue weighted by Gasteiger charge is -2.01. The van der Waals surface area contributed by atoms with Crippen LogP contribution in [-0.4, -0.2) is 19.9 Å². The Kier molecular flexibility index (Phi) is 2.84. The zero-order chi connectivity index (χ0) is 9.90. The molecule has 1 heterocycles. The first kappa shape index (κ1) is 9.94. The van der Waals surface area contributed by atoms with Crippen LogP contribution in [0, 0.1) is 0 Å². The van der Waals surface area contributed by atoms with Gasteiger partial charge in [-0.2, -0.15) is 0 Å². The zero-order valence-corrected chi connectivity index (χ0v) is 7.89. The molecule has 0 bridgehead atoms. The summed E-state index contributed by atoms with van der Waals surface area (Å²) in [5.74, 6) is 0. The Morgan fingerprint density at radius 3 is 2.77 bits per heavy atom. The highest BCUT2D eigenvalue weighted by atomic mass is 32.2. The molecule has 1 aromatic heterocycles. The Balaban J connectivity index is 3.24. The van der Waals surface area contributed by atoms with Gasteiger partial charge in [0.25, 0.3) is 0 Å². The number of nitrogens with one attached hydrogen (secondary N) is 2. The van der Waals surface area contributed by atoms with E-state index >= 15 is 0 Å². The number of H-pyrrole nitrogens is 1. The number of aromatic amines is 1. The van der Waals surface area contributed by atoms with Crippen molar-refractivity contribution in [3.05, 3.63) is 28.7 Å². The number of aromatic nitrogens is 1. The van der Waals surface area contributed by atoms with Crippen molar-refractivity contribution in [3.63, 3.8) is 0 Å². The Labute approximate surface area is 75.9 Å². The summed E-state index contributed by atoms with van der Waals surface area (Å²) in [5.41, 5.74) is -0.514. The molecule has 0 saturated carbocycles. The van der Waals surface area contributed by atoms with Gasteiger partial charge in [-0.25, -0.2) is 13.1 Å². The first-order valence-electron chi connectivity index (χ1n) is 3.74. The third-order valence-corrected chi connectivity index (χ3v) is 2.98. The van der Waals surface area contributed by atoms with Gasteiger partial charge in [0.2, 0.25) is 15.5 Å². The quantitative estimate of drug-likeness (QED) is 0.704. The lowest BCUT2D eigenvalue weighted by atomic mass is 10.5. The number of hydrogen-bond donors (Lipinski definition) is 2. The molecule has 2 N–H and O–H groups in total. The normalized spacial score (nSPS) is 11.5. The van der Waals surface area contributed by atoms with Crippen LogP contribution in [0.2, 0.25) is 0 Å². The van der Waals surface area contributed by atoms with Crippen molar-refractivity contribution in [1.29, 1.82) is 0 Å². The van der Waals surface area contributed by atoms with Gasteiger partial charge in [-0.15, -0.1) is 0 Å². The SMILES string of the molecule is CCNS(=O)(=O)c1c[nH]ccc1=O. The topological polar surface area (TPSA) is 79.0 Å². The minimum absolute atomic E-state index is 0.253. The van der Waals surface area contributed by atoms with Crippen LogP contribution in [0.25, 0.3) is 0 Å². The molecule has 6 heteroatoms. The average Bonchev–Trinajstić information content (AvgIpc) is 2.04. The molecule has 1 aromatic rings. The van der Waals surface area contributed by atoms with Crippen LogP contribution in [0.4, 0.5) is 0 Å². The number of sulfonamides is 1. The molecule has 0 unspecified atom stereocenters. The molecule has 0 radical (unpaired) electrons. The highest BCUT2D eigenvalue weighted by molar-refractivity contribution is 7.89. The van der Waals surface area contributed by atoms with E-state index in [0.29, 0.717) is 0 Å². The van der Waals surface area contributed by atoms with E-state index in [9.17, 15) is 13.2 Å². The molecule has 0 atom stereocenters. The zero-order valence-electron chi connectivity index (χ0n) is 7.07. The highest BCUT2D eigenvalue weighted by Crippen LogP contribution is 1.98. The Morgan fingerprint density at radius 1 is 1.54 bits per heavy atom. The first-order valence-corrected chi connectivity index (χ1v) is 5.23. The summed E-state index contributed by atoms with van der Waals surface area (Å²) in [6, 6.07) is 1.17. The Bertz CT molecular complexity index is 435. The van der Waals surface area contributed by atoms with Gasteiger partial charge in [0.1, 0.15) is 4.90 Å². The highest BCUT2D eigenvalue weighted by Gasteiger charge is 2.15. The van der Waals surface area contributed by atoms with Crippen LogP contribution >= 0.6 is 0 Å². The molecule has 13 heavy (non-hydrogen) atoms. The molecule has 0 saturated heterocycles. The summed E-state index contributed by atoms with van der Waals surface area (Å²) in [6.45, 7) is 1.91. The van der Waals surface area contributed by atoms with Crippen molar-refractivity contribution in [2.75, 3.05) is 6.54 Å². The number of hydrogen-bond acceptors (Lipinski definition) is 3. The summed E-state index contributed by atoms with van der Waals surface area (Å²) in [5, 5.41) is 0. The fraction of sp³-hybridized carbons (Fsp3) is 0.286. The lowest BCUT2D eigenvalue weighted by Crippen LogP contribution is -2.27. The fourth-order valence-electron chi connectivity index (χ4n) is 0.879. The van der Waals surface area contributed by atoms with E-state index in [1.54, 1.807) is 6.92 Å². The lowest BCUT2D eigenvalue weighted by molar-refractivity contribution is 0.582. The largest absolute Gasteiger partial charge is 0.366 e. The van der Waals surface area contributed by atoms with Gasteiger partial charge in [-0.1, -0.05) is 6.92 Å². The van der Waals surface area contributed by atoms with Crippen molar-refractivity contribution < 1.29 is 8.42 Å². The summed E-state index contributed by atoms with van der Waals surface area (Å²) in [6.07, 6.45) is 2.55. The van der Waals surface area contributed by atoms with Crippen molar-refractivity contribution in [3.8, 4) is 0 Å². The van der Waals surface area contributed by atoms with Crippen LogP contribution in [0.1, 0.15) is 6.92 Å². The number of rotatable bonds is 3. The van der Waals surface area contributed by atoms with E-state index < -0.39 is 15.5 Å². The molecule has 0 aliphatic heterocycles. The summed E-state index contributed by atoms with van der Waals surface area (Å²) >= 11 is 0. The second-order valence-electron chi connectivity index (χ2n) is 2.37. The molecule has 0 aliphatic rings. The van der Waals surface area contributed by atoms with E-state index in [-0.39, 0.29) is 11.4 Å². The van der Waals surface area contributed by atoms with Crippen molar-refractivity contribution in [2.45, 2.75) is 11.8 Å². The summed E-state index contributed by atoms with van der Waals surface area (Å²) < 4.78 is 24.9. The molecule has 0 aromatic carbocycles. The van der Waals surface area contributed by atoms with Crippen molar-refractivity contribution in [1.82, 2.24) is 9.71 Å². The molecule has 0 fully saturated rings. The molecule has 5 nitrogen and oxygen atoms in total. The van der Waals surface area contributed by atoms with Crippen LogP contribution < -0.4 is 10.2 Å². The molecule has 72 valence electrons. The van der Waals surface area contributed by atoms with Gasteiger partial charge in [-0.3, -0.25) is 4.79 Å². The molecule has 0 spiro atoms. The fourth-order valence-corrected chi connectivity index (χ4v) is 1.97. The molecular weight excluding hydrogens is 192 g/mol. The van der Waals surface area contributed by atoms with E-state index in [2.05, 4.69) is 9.71 Å². The molecule has 0 aliphatic carbocycles. The first-order chi connectivity index (χ1) is 6.08. The van der Waals surface area contributed by atoms with Gasteiger partial charge in [0.05, 0.1) is 0 Å². The predicted octanol–water partition coefficient (Wildman–Crippen LogP) is -0.327. The average molecular weight is 202 g/mol. The predicted molar refractivity (Wildman–Crippen MR) is 47.9 cm³/mol. The van der Waals surface area contributed by atoms with E-state index in [1.807, 2.05) is 0 Å². The summed E-state index contributed by atoms with van der Waals surface area (Å²) in [7, 11) is -3.63.